The maximum absolute atomic E-state index is 5.68. The Morgan fingerprint density at radius 2 is 2.27 bits per heavy atom. The second-order valence-corrected chi connectivity index (χ2v) is 3.48. The first-order chi connectivity index (χ1) is 7.26. The molecule has 1 unspecified atom stereocenters. The second kappa shape index (κ2) is 6.40. The van der Waals surface area contributed by atoms with Crippen molar-refractivity contribution in [2.24, 2.45) is 11.5 Å². The van der Waals surface area contributed by atoms with Crippen molar-refractivity contribution < 1.29 is 4.74 Å². The van der Waals surface area contributed by atoms with Crippen LogP contribution in [0.15, 0.2) is 24.3 Å². The molecule has 0 spiro atoms. The summed E-state index contributed by atoms with van der Waals surface area (Å²) in [5.74, 6) is 0.873. The molecule has 4 heteroatoms. The molecule has 0 aliphatic carbocycles. The van der Waals surface area contributed by atoms with Gasteiger partial charge in [-0.25, -0.2) is 0 Å². The Hall–Kier alpha value is -1.10. The van der Waals surface area contributed by atoms with E-state index >= 15 is 0 Å². The summed E-state index contributed by atoms with van der Waals surface area (Å²) >= 11 is 0. The zero-order valence-electron chi connectivity index (χ0n) is 9.07. The van der Waals surface area contributed by atoms with E-state index in [-0.39, 0.29) is 6.04 Å². The molecule has 1 aromatic carbocycles. The summed E-state index contributed by atoms with van der Waals surface area (Å²) in [6, 6.07) is 7.97. The van der Waals surface area contributed by atoms with Gasteiger partial charge in [-0.2, -0.15) is 0 Å². The Morgan fingerprint density at radius 1 is 1.47 bits per heavy atom. The summed E-state index contributed by atoms with van der Waals surface area (Å²) in [6.07, 6.45) is 0. The molecule has 15 heavy (non-hydrogen) atoms. The molecule has 0 radical (unpaired) electrons. The van der Waals surface area contributed by atoms with Gasteiger partial charge >= 0.3 is 0 Å². The van der Waals surface area contributed by atoms with Crippen molar-refractivity contribution in [3.8, 4) is 5.75 Å². The maximum Gasteiger partial charge on any atom is 0.119 e. The third kappa shape index (κ3) is 4.29. The summed E-state index contributed by atoms with van der Waals surface area (Å²) in [7, 11) is 1.66. The van der Waals surface area contributed by atoms with Crippen molar-refractivity contribution in [2.45, 2.75) is 12.6 Å². The third-order valence-electron chi connectivity index (χ3n) is 2.17. The fraction of sp³-hybridized carbons (Fsp3) is 0.455. The lowest BCUT2D eigenvalue weighted by Gasteiger charge is -2.10. The molecule has 84 valence electrons. The van der Waals surface area contributed by atoms with Crippen molar-refractivity contribution in [2.75, 3.05) is 20.2 Å². The van der Waals surface area contributed by atoms with Crippen LogP contribution in [0.1, 0.15) is 5.56 Å². The quantitative estimate of drug-likeness (QED) is 0.620. The lowest BCUT2D eigenvalue weighted by molar-refractivity contribution is 0.414. The summed E-state index contributed by atoms with van der Waals surface area (Å²) < 4.78 is 5.13. The van der Waals surface area contributed by atoms with Crippen molar-refractivity contribution in [1.29, 1.82) is 0 Å². The maximum atomic E-state index is 5.68. The lowest BCUT2D eigenvalue weighted by Crippen LogP contribution is -2.39. The molecule has 0 bridgehead atoms. The van der Waals surface area contributed by atoms with Gasteiger partial charge in [-0.1, -0.05) is 12.1 Å². The van der Waals surface area contributed by atoms with Crippen molar-refractivity contribution in [1.82, 2.24) is 5.32 Å². The van der Waals surface area contributed by atoms with Crippen LogP contribution in [0, 0.1) is 0 Å². The molecule has 0 amide bonds. The van der Waals surface area contributed by atoms with E-state index in [1.807, 2.05) is 24.3 Å². The minimum absolute atomic E-state index is 0.0237. The molecule has 1 aromatic rings. The summed E-state index contributed by atoms with van der Waals surface area (Å²) in [4.78, 5) is 0. The summed E-state index contributed by atoms with van der Waals surface area (Å²) in [6.45, 7) is 2.02. The highest BCUT2D eigenvalue weighted by Gasteiger charge is 1.99. The number of rotatable bonds is 6. The minimum atomic E-state index is 0.0237. The van der Waals surface area contributed by atoms with Crippen LogP contribution in [0.25, 0.3) is 0 Å². The van der Waals surface area contributed by atoms with E-state index < -0.39 is 0 Å². The first-order valence-corrected chi connectivity index (χ1v) is 5.05. The van der Waals surface area contributed by atoms with Crippen molar-refractivity contribution >= 4 is 0 Å². The molecular formula is C11H19N3O. The monoisotopic (exact) mass is 209 g/mol. The molecule has 0 aliphatic rings. The number of nitrogens with two attached hydrogens (primary N) is 2. The Bertz CT molecular complexity index is 291. The van der Waals surface area contributed by atoms with Gasteiger partial charge in [-0.05, 0) is 17.7 Å². The zero-order valence-corrected chi connectivity index (χ0v) is 9.07. The molecule has 5 N–H and O–H groups in total. The molecular weight excluding hydrogens is 190 g/mol. The first-order valence-electron chi connectivity index (χ1n) is 5.05. The van der Waals surface area contributed by atoms with Crippen LogP contribution in [-0.2, 0) is 6.54 Å². The topological polar surface area (TPSA) is 73.3 Å². The fourth-order valence-corrected chi connectivity index (χ4v) is 1.27. The van der Waals surface area contributed by atoms with E-state index in [1.54, 1.807) is 7.11 Å². The van der Waals surface area contributed by atoms with Crippen molar-refractivity contribution in [3.05, 3.63) is 29.8 Å². The van der Waals surface area contributed by atoms with Crippen LogP contribution >= 0.6 is 0 Å². The van der Waals surface area contributed by atoms with Crippen LogP contribution in [-0.4, -0.2) is 26.2 Å². The zero-order chi connectivity index (χ0) is 11.1. The van der Waals surface area contributed by atoms with Crippen molar-refractivity contribution in [3.63, 3.8) is 0 Å². The largest absolute Gasteiger partial charge is 0.497 e. The number of nitrogens with one attached hydrogen (secondary N) is 1. The number of ether oxygens (including phenoxy) is 1. The number of methoxy groups -OCH3 is 1. The predicted octanol–water partition coefficient (Wildman–Crippen LogP) is 0.0708. The summed E-state index contributed by atoms with van der Waals surface area (Å²) in [5.41, 5.74) is 12.3. The average molecular weight is 209 g/mol. The Labute approximate surface area is 90.6 Å². The molecule has 0 aromatic heterocycles. The number of hydrogen-bond donors (Lipinski definition) is 3. The Kier molecular flexibility index (Phi) is 5.10. The van der Waals surface area contributed by atoms with Crippen LogP contribution in [0.3, 0.4) is 0 Å². The molecule has 0 heterocycles. The van der Waals surface area contributed by atoms with Gasteiger partial charge < -0.3 is 21.5 Å². The van der Waals surface area contributed by atoms with Gasteiger partial charge in [0.1, 0.15) is 5.75 Å². The van der Waals surface area contributed by atoms with E-state index in [1.165, 1.54) is 5.56 Å². The SMILES string of the molecule is COc1cccc(CNCC(N)CN)c1. The first kappa shape index (κ1) is 12.0. The van der Waals surface area contributed by atoms with E-state index in [2.05, 4.69) is 5.32 Å². The number of benzene rings is 1. The highest BCUT2D eigenvalue weighted by molar-refractivity contribution is 5.28. The summed E-state index contributed by atoms with van der Waals surface area (Å²) in [5, 5.41) is 3.24. The lowest BCUT2D eigenvalue weighted by atomic mass is 10.2. The van der Waals surface area contributed by atoms with Crippen LogP contribution in [0.5, 0.6) is 5.75 Å². The molecule has 0 saturated heterocycles. The van der Waals surface area contributed by atoms with Gasteiger partial charge in [0.05, 0.1) is 7.11 Å². The van der Waals surface area contributed by atoms with Crippen LogP contribution in [0.4, 0.5) is 0 Å². The predicted molar refractivity (Wildman–Crippen MR) is 61.7 cm³/mol. The highest BCUT2D eigenvalue weighted by atomic mass is 16.5. The Morgan fingerprint density at radius 3 is 2.93 bits per heavy atom. The smallest absolute Gasteiger partial charge is 0.119 e. The van der Waals surface area contributed by atoms with Gasteiger partial charge in [0.15, 0.2) is 0 Å². The van der Waals surface area contributed by atoms with Gasteiger partial charge in [-0.15, -0.1) is 0 Å². The molecule has 4 nitrogen and oxygen atoms in total. The standard InChI is InChI=1S/C11H19N3O/c1-15-11-4-2-3-9(5-11)7-14-8-10(13)6-12/h2-5,10,14H,6-8,12-13H2,1H3. The van der Waals surface area contributed by atoms with Crippen LogP contribution in [0.2, 0.25) is 0 Å². The van der Waals surface area contributed by atoms with E-state index in [9.17, 15) is 0 Å². The normalized spacial score (nSPS) is 12.5. The van der Waals surface area contributed by atoms with Gasteiger partial charge in [0.2, 0.25) is 0 Å². The minimum Gasteiger partial charge on any atom is -0.497 e. The fourth-order valence-electron chi connectivity index (χ4n) is 1.27. The van der Waals surface area contributed by atoms with Gasteiger partial charge in [0, 0.05) is 25.7 Å². The molecule has 0 fully saturated rings. The second-order valence-electron chi connectivity index (χ2n) is 3.48. The highest BCUT2D eigenvalue weighted by Crippen LogP contribution is 2.11. The molecule has 1 atom stereocenters. The Balaban J connectivity index is 2.37. The number of hydrogen-bond acceptors (Lipinski definition) is 4. The van der Waals surface area contributed by atoms with Crippen LogP contribution < -0.4 is 21.5 Å². The van der Waals surface area contributed by atoms with Gasteiger partial charge in [0.25, 0.3) is 0 Å². The van der Waals surface area contributed by atoms with Gasteiger partial charge in [-0.3, -0.25) is 0 Å². The molecule has 1 rings (SSSR count). The van der Waals surface area contributed by atoms with E-state index in [0.29, 0.717) is 6.54 Å². The third-order valence-corrected chi connectivity index (χ3v) is 2.17. The van der Waals surface area contributed by atoms with E-state index in [4.69, 9.17) is 16.2 Å². The molecule has 0 aliphatic heterocycles. The molecule has 0 saturated carbocycles. The average Bonchev–Trinajstić information content (AvgIpc) is 2.29. The van der Waals surface area contributed by atoms with E-state index in [0.717, 1.165) is 18.8 Å².